The second-order valence-corrected chi connectivity index (χ2v) is 12.1. The summed E-state index contributed by atoms with van der Waals surface area (Å²) in [6, 6.07) is 1.95. The monoisotopic (exact) mass is 633 g/mol. The van der Waals surface area contributed by atoms with Crippen LogP contribution in [0.4, 0.5) is 0 Å². The third kappa shape index (κ3) is 5.05. The van der Waals surface area contributed by atoms with Crippen molar-refractivity contribution < 1.29 is 59.2 Å². The van der Waals surface area contributed by atoms with Crippen molar-refractivity contribution in [1.82, 2.24) is 4.98 Å². The zero-order valence-corrected chi connectivity index (χ0v) is 25.5. The average Bonchev–Trinajstić information content (AvgIpc) is 3.47. The number of aliphatic hydroxyl groups excluding tert-OH is 4. The molecule has 1 aromatic heterocycles. The third-order valence-electron chi connectivity index (χ3n) is 9.94. The summed E-state index contributed by atoms with van der Waals surface area (Å²) in [5.74, 6) is -5.40. The normalized spacial score (nSPS) is 35.5. The van der Waals surface area contributed by atoms with Crippen LogP contribution in [-0.4, -0.2) is 110 Å². The van der Waals surface area contributed by atoms with E-state index in [0.29, 0.717) is 35.9 Å². The van der Waals surface area contributed by atoms with Gasteiger partial charge >= 0.3 is 11.9 Å². The molecule has 0 aromatic carbocycles. The minimum atomic E-state index is -2.28. The highest BCUT2D eigenvalue weighted by molar-refractivity contribution is 5.90. The van der Waals surface area contributed by atoms with Crippen LogP contribution >= 0.6 is 0 Å². The Morgan fingerprint density at radius 3 is 2.62 bits per heavy atom. The predicted molar refractivity (Wildman–Crippen MR) is 157 cm³/mol. The third-order valence-corrected chi connectivity index (χ3v) is 9.94. The number of hydrogen-bond donors (Lipinski definition) is 7. The number of carboxylic acids is 1. The number of esters is 1. The second-order valence-electron chi connectivity index (χ2n) is 12.1. The van der Waals surface area contributed by atoms with Gasteiger partial charge in [-0.3, -0.25) is 4.79 Å². The molecule has 7 N–H and O–H groups in total. The molecule has 1 saturated heterocycles. The number of aromatic amines is 1. The summed E-state index contributed by atoms with van der Waals surface area (Å²) < 4.78 is 24.2. The number of aryl methyl sites for hydroxylation is 1. The maximum absolute atomic E-state index is 12.5. The predicted octanol–water partition coefficient (Wildman–Crippen LogP) is -0.876. The summed E-state index contributed by atoms with van der Waals surface area (Å²) in [7, 11) is 1.19. The highest BCUT2D eigenvalue weighted by atomic mass is 16.7. The number of aliphatic hydroxyl groups is 5. The lowest BCUT2D eigenvalue weighted by atomic mass is 9.61. The van der Waals surface area contributed by atoms with Gasteiger partial charge in [-0.1, -0.05) is 19.1 Å². The Balaban J connectivity index is 1.60. The minimum absolute atomic E-state index is 0.0446. The summed E-state index contributed by atoms with van der Waals surface area (Å²) in [6.07, 6.45) is -0.0517. The van der Waals surface area contributed by atoms with Crippen molar-refractivity contribution in [2.45, 2.75) is 87.2 Å². The van der Waals surface area contributed by atoms with Gasteiger partial charge < -0.3 is 54.6 Å². The zero-order valence-electron chi connectivity index (χ0n) is 25.5. The van der Waals surface area contributed by atoms with Crippen molar-refractivity contribution in [2.24, 2.45) is 11.8 Å². The van der Waals surface area contributed by atoms with E-state index in [1.54, 1.807) is 0 Å². The van der Waals surface area contributed by atoms with E-state index < -0.39 is 78.7 Å². The van der Waals surface area contributed by atoms with Crippen LogP contribution in [0.25, 0.3) is 11.3 Å². The van der Waals surface area contributed by atoms with Crippen molar-refractivity contribution in [3.63, 3.8) is 0 Å². The molecule has 0 radical (unpaired) electrons. The standard InChI is InChI=1S/C32H43NO12/c1-4-17-13-21-22-10-11-30(41)29(40)32(22,44-24(7-6-12-34)27(21)33-17)25(15-35)45-31(30,16-36)43-23-9-8-19(28(39)42-3)20(14-26(37)38)18(23)5-2/h5,8,13,18,20,23,25,29,33-36,40-41H,2,4,6-7,9-12,14-16H2,1,3H3,(H,37,38)/t18-,20+,23-,25-,29-,30-,31-,32-/m1/s1. The first-order valence-corrected chi connectivity index (χ1v) is 15.4. The molecule has 248 valence electrons. The maximum atomic E-state index is 12.5. The molecule has 0 amide bonds. The van der Waals surface area contributed by atoms with Crippen LogP contribution in [-0.2, 0) is 35.0 Å². The Labute approximate surface area is 260 Å². The molecular formula is C32H43NO12. The van der Waals surface area contributed by atoms with E-state index in [0.717, 1.165) is 10.9 Å². The van der Waals surface area contributed by atoms with Gasteiger partial charge in [-0.15, -0.1) is 6.58 Å². The lowest BCUT2D eigenvalue weighted by molar-refractivity contribution is -0.434. The van der Waals surface area contributed by atoms with E-state index in [-0.39, 0.29) is 31.4 Å². The van der Waals surface area contributed by atoms with Gasteiger partial charge in [0.15, 0.2) is 11.2 Å². The van der Waals surface area contributed by atoms with Gasteiger partial charge in [0.2, 0.25) is 5.79 Å². The van der Waals surface area contributed by atoms with Crippen LogP contribution in [0.15, 0.2) is 30.4 Å². The fraction of sp³-hybridized carbons (Fsp3) is 0.625. The number of fused-ring (bicyclic) bond motifs is 2. The largest absolute Gasteiger partial charge is 0.481 e. The molecule has 2 fully saturated rings. The molecule has 13 nitrogen and oxygen atoms in total. The van der Waals surface area contributed by atoms with Gasteiger partial charge in [0.05, 0.1) is 31.6 Å². The van der Waals surface area contributed by atoms with Crippen molar-refractivity contribution in [3.05, 3.63) is 46.6 Å². The summed E-state index contributed by atoms with van der Waals surface area (Å²) in [5.41, 5.74) is -2.33. The quantitative estimate of drug-likeness (QED) is 0.111. The van der Waals surface area contributed by atoms with Crippen LogP contribution in [0.2, 0.25) is 0 Å². The highest BCUT2D eigenvalue weighted by Gasteiger charge is 2.75. The first-order chi connectivity index (χ1) is 21.5. The van der Waals surface area contributed by atoms with E-state index in [2.05, 4.69) is 11.6 Å². The Hall–Kier alpha value is -3.04. The van der Waals surface area contributed by atoms with Gasteiger partial charge in [0, 0.05) is 41.3 Å². The summed E-state index contributed by atoms with van der Waals surface area (Å²) in [4.78, 5) is 27.7. The first kappa shape index (κ1) is 33.3. The number of rotatable bonds is 12. The lowest BCUT2D eigenvalue weighted by Gasteiger charge is -2.64. The number of aromatic nitrogens is 1. The van der Waals surface area contributed by atoms with Crippen molar-refractivity contribution in [3.8, 4) is 0 Å². The Kier molecular flexibility index (Phi) is 9.35. The molecule has 1 spiro atoms. The smallest absolute Gasteiger partial charge is 0.333 e. The van der Waals surface area contributed by atoms with Gasteiger partial charge in [0.25, 0.3) is 0 Å². The van der Waals surface area contributed by atoms with Gasteiger partial charge in [-0.05, 0) is 43.7 Å². The van der Waals surface area contributed by atoms with Crippen molar-refractivity contribution in [1.29, 1.82) is 0 Å². The maximum Gasteiger partial charge on any atom is 0.333 e. The van der Waals surface area contributed by atoms with Crippen LogP contribution in [0.1, 0.15) is 51.1 Å². The average molecular weight is 634 g/mol. The molecule has 2 bridgehead atoms. The topological polar surface area (TPSA) is 208 Å². The van der Waals surface area contributed by atoms with Crippen molar-refractivity contribution in [2.75, 3.05) is 26.9 Å². The molecular weight excluding hydrogens is 590 g/mol. The fourth-order valence-electron chi connectivity index (χ4n) is 7.72. The highest BCUT2D eigenvalue weighted by Crippen LogP contribution is 2.57. The number of hydrogen-bond acceptors (Lipinski definition) is 11. The number of carbonyl (C=O) groups excluding carboxylic acids is 1. The van der Waals surface area contributed by atoms with E-state index in [1.165, 1.54) is 19.3 Å². The number of carbonyl (C=O) groups is 2. The molecule has 5 rings (SSSR count). The number of H-pyrrole nitrogens is 1. The first-order valence-electron chi connectivity index (χ1n) is 15.4. The second kappa shape index (κ2) is 12.6. The van der Waals surface area contributed by atoms with Gasteiger partial charge in [-0.2, -0.15) is 0 Å². The molecule has 13 heteroatoms. The molecule has 3 heterocycles. The van der Waals surface area contributed by atoms with Crippen LogP contribution in [0.5, 0.6) is 0 Å². The molecule has 1 aromatic rings. The number of carboxylic acid groups (broad SMARTS) is 1. The summed E-state index contributed by atoms with van der Waals surface area (Å²) in [5, 5.41) is 66.9. The summed E-state index contributed by atoms with van der Waals surface area (Å²) in [6.45, 7) is 4.10. The van der Waals surface area contributed by atoms with E-state index in [9.17, 15) is 40.2 Å². The fourth-order valence-corrected chi connectivity index (χ4v) is 7.72. The SMILES string of the molecule is C=C[C@@H]1[C@H](CC(=O)O)C(C(=O)OC)=CC[C@H]1O[C@]1(CO)O[C@H](CO)[C@]23OC(CCCO)=c4[nH]c(CC)cc4=C2CC[C@@]1(O)[C@H]3O. The number of ether oxygens (including phenoxy) is 4. The van der Waals surface area contributed by atoms with E-state index >= 15 is 0 Å². The Bertz CT molecular complexity index is 1480. The number of nitrogens with one attached hydrogen (secondary N) is 1. The molecule has 2 aliphatic heterocycles. The van der Waals surface area contributed by atoms with Crippen LogP contribution < -0.4 is 10.6 Å². The molecule has 1 saturated carbocycles. The molecule has 0 unspecified atom stereocenters. The molecule has 2 aliphatic carbocycles. The lowest BCUT2D eigenvalue weighted by Crippen LogP contribution is -2.83. The van der Waals surface area contributed by atoms with Crippen LogP contribution in [0.3, 0.4) is 0 Å². The summed E-state index contributed by atoms with van der Waals surface area (Å²) >= 11 is 0. The van der Waals surface area contributed by atoms with E-state index in [1.807, 2.05) is 13.0 Å². The number of methoxy groups -OCH3 is 1. The van der Waals surface area contributed by atoms with Gasteiger partial charge in [0.1, 0.15) is 24.6 Å². The van der Waals surface area contributed by atoms with Crippen LogP contribution in [0, 0.1) is 11.8 Å². The van der Waals surface area contributed by atoms with E-state index in [4.69, 9.17) is 18.9 Å². The van der Waals surface area contributed by atoms with Crippen molar-refractivity contribution >= 4 is 23.3 Å². The van der Waals surface area contributed by atoms with Gasteiger partial charge in [-0.25, -0.2) is 4.79 Å². The minimum Gasteiger partial charge on any atom is -0.481 e. The zero-order chi connectivity index (χ0) is 32.7. The molecule has 8 atom stereocenters. The molecule has 4 aliphatic rings. The Morgan fingerprint density at radius 2 is 2.02 bits per heavy atom. The Morgan fingerprint density at radius 1 is 1.27 bits per heavy atom. The number of aliphatic carboxylic acids is 1. The molecule has 45 heavy (non-hydrogen) atoms.